The van der Waals surface area contributed by atoms with E-state index in [0.29, 0.717) is 12.5 Å². The van der Waals surface area contributed by atoms with Crippen molar-refractivity contribution in [2.24, 2.45) is 0 Å². The predicted octanol–water partition coefficient (Wildman–Crippen LogP) is 3.64. The normalized spacial score (nSPS) is 11.0. The summed E-state index contributed by atoms with van der Waals surface area (Å²) in [4.78, 5) is 0. The molecule has 1 aromatic heterocycles. The van der Waals surface area contributed by atoms with E-state index in [9.17, 15) is 0 Å². The summed E-state index contributed by atoms with van der Waals surface area (Å²) < 4.78 is 8.66. The fourth-order valence-corrected chi connectivity index (χ4v) is 2.43. The van der Waals surface area contributed by atoms with Gasteiger partial charge in [0.25, 0.3) is 0 Å². The molecule has 0 radical (unpaired) electrons. The molecule has 7 heteroatoms. The molecule has 0 saturated carbocycles. The summed E-state index contributed by atoms with van der Waals surface area (Å²) in [6.45, 7) is 7.61. The van der Waals surface area contributed by atoms with Gasteiger partial charge < -0.3 is 10.1 Å². The summed E-state index contributed by atoms with van der Waals surface area (Å²) in [5.41, 5.74) is 1.06. The standard InChI is InChI=1S/C15H22BrN5O/c1-4-5-8-21-15(18-19-20-21)17-10-12-9-13(16)6-7-14(12)22-11(2)3/h6-7,9,11H,4-5,8,10H2,1-3H3,(H,17,18,20). The summed E-state index contributed by atoms with van der Waals surface area (Å²) in [6.07, 6.45) is 2.30. The Labute approximate surface area is 139 Å². The van der Waals surface area contributed by atoms with Crippen LogP contribution in [0.3, 0.4) is 0 Å². The Balaban J connectivity index is 2.07. The molecular weight excluding hydrogens is 346 g/mol. The zero-order chi connectivity index (χ0) is 15.9. The van der Waals surface area contributed by atoms with Crippen molar-refractivity contribution in [3.8, 4) is 5.75 Å². The number of unbranched alkanes of at least 4 members (excludes halogenated alkanes) is 1. The van der Waals surface area contributed by atoms with E-state index >= 15 is 0 Å². The van der Waals surface area contributed by atoms with Crippen LogP contribution in [0.4, 0.5) is 5.95 Å². The van der Waals surface area contributed by atoms with Crippen molar-refractivity contribution >= 4 is 21.9 Å². The van der Waals surface area contributed by atoms with Gasteiger partial charge in [-0.25, -0.2) is 4.68 Å². The van der Waals surface area contributed by atoms with Crippen LogP contribution in [-0.2, 0) is 13.1 Å². The topological polar surface area (TPSA) is 64.9 Å². The van der Waals surface area contributed by atoms with Crippen molar-refractivity contribution in [2.75, 3.05) is 5.32 Å². The van der Waals surface area contributed by atoms with Gasteiger partial charge in [0.05, 0.1) is 6.10 Å². The number of anilines is 1. The lowest BCUT2D eigenvalue weighted by molar-refractivity contribution is 0.240. The minimum Gasteiger partial charge on any atom is -0.491 e. The number of aromatic nitrogens is 4. The Morgan fingerprint density at radius 1 is 1.36 bits per heavy atom. The average Bonchev–Trinajstić information content (AvgIpc) is 2.92. The SMILES string of the molecule is CCCCn1nnnc1NCc1cc(Br)ccc1OC(C)C. The molecule has 120 valence electrons. The second-order valence-corrected chi connectivity index (χ2v) is 6.27. The molecule has 0 fully saturated rings. The second-order valence-electron chi connectivity index (χ2n) is 5.35. The summed E-state index contributed by atoms with van der Waals surface area (Å²) in [5, 5.41) is 15.1. The molecule has 2 rings (SSSR count). The molecule has 1 heterocycles. The Kier molecular flexibility index (Phi) is 6.18. The van der Waals surface area contributed by atoms with Crippen molar-refractivity contribution in [1.29, 1.82) is 0 Å². The fourth-order valence-electron chi connectivity index (χ4n) is 2.02. The van der Waals surface area contributed by atoms with Crippen molar-refractivity contribution in [1.82, 2.24) is 20.2 Å². The van der Waals surface area contributed by atoms with Gasteiger partial charge in [-0.05, 0) is 48.9 Å². The number of ether oxygens (including phenoxy) is 1. The lowest BCUT2D eigenvalue weighted by Gasteiger charge is -2.15. The zero-order valence-electron chi connectivity index (χ0n) is 13.2. The van der Waals surface area contributed by atoms with Gasteiger partial charge in [0.15, 0.2) is 0 Å². The molecule has 0 amide bonds. The van der Waals surface area contributed by atoms with Crippen molar-refractivity contribution in [2.45, 2.75) is 52.8 Å². The largest absolute Gasteiger partial charge is 0.491 e. The molecule has 0 aliphatic carbocycles. The van der Waals surface area contributed by atoms with Crippen molar-refractivity contribution < 1.29 is 4.74 Å². The first kappa shape index (κ1) is 16.7. The number of nitrogens with one attached hydrogen (secondary N) is 1. The van der Waals surface area contributed by atoms with E-state index in [1.807, 2.05) is 32.0 Å². The third-order valence-electron chi connectivity index (χ3n) is 3.08. The fraction of sp³-hybridized carbons (Fsp3) is 0.533. The summed E-state index contributed by atoms with van der Waals surface area (Å²) in [5.74, 6) is 1.56. The highest BCUT2D eigenvalue weighted by molar-refractivity contribution is 9.10. The predicted molar refractivity (Wildman–Crippen MR) is 90.0 cm³/mol. The molecule has 1 aromatic carbocycles. The van der Waals surface area contributed by atoms with E-state index in [1.54, 1.807) is 4.68 Å². The molecule has 0 atom stereocenters. The van der Waals surface area contributed by atoms with Crippen LogP contribution >= 0.6 is 15.9 Å². The monoisotopic (exact) mass is 367 g/mol. The number of benzene rings is 1. The van der Waals surface area contributed by atoms with Crippen LogP contribution < -0.4 is 10.1 Å². The number of tetrazole rings is 1. The number of aryl methyl sites for hydroxylation is 1. The smallest absolute Gasteiger partial charge is 0.243 e. The average molecular weight is 368 g/mol. The lowest BCUT2D eigenvalue weighted by Crippen LogP contribution is -2.12. The van der Waals surface area contributed by atoms with Crippen LogP contribution in [0.1, 0.15) is 39.2 Å². The molecule has 22 heavy (non-hydrogen) atoms. The van der Waals surface area contributed by atoms with Gasteiger partial charge in [-0.3, -0.25) is 0 Å². The van der Waals surface area contributed by atoms with Crippen LogP contribution in [0.15, 0.2) is 22.7 Å². The van der Waals surface area contributed by atoms with Gasteiger partial charge in [0.1, 0.15) is 5.75 Å². The van der Waals surface area contributed by atoms with Gasteiger partial charge in [-0.15, -0.1) is 0 Å². The van der Waals surface area contributed by atoms with E-state index in [4.69, 9.17) is 4.74 Å². The van der Waals surface area contributed by atoms with E-state index < -0.39 is 0 Å². The third-order valence-corrected chi connectivity index (χ3v) is 3.57. The maximum atomic E-state index is 5.85. The Morgan fingerprint density at radius 2 is 2.18 bits per heavy atom. The van der Waals surface area contributed by atoms with Gasteiger partial charge in [0.2, 0.25) is 5.95 Å². The van der Waals surface area contributed by atoms with Crippen LogP contribution in [-0.4, -0.2) is 26.3 Å². The number of rotatable bonds is 8. The van der Waals surface area contributed by atoms with E-state index in [-0.39, 0.29) is 6.10 Å². The molecule has 0 spiro atoms. The second kappa shape index (κ2) is 8.12. The van der Waals surface area contributed by atoms with Gasteiger partial charge in [0, 0.05) is 23.1 Å². The number of hydrogen-bond donors (Lipinski definition) is 1. The highest BCUT2D eigenvalue weighted by atomic mass is 79.9. The molecule has 0 saturated heterocycles. The molecule has 0 bridgehead atoms. The summed E-state index contributed by atoms with van der Waals surface area (Å²) in [6, 6.07) is 6.00. The van der Waals surface area contributed by atoms with Crippen LogP contribution in [0.2, 0.25) is 0 Å². The number of halogens is 1. The van der Waals surface area contributed by atoms with Crippen molar-refractivity contribution in [3.63, 3.8) is 0 Å². The van der Waals surface area contributed by atoms with Gasteiger partial charge in [-0.2, -0.15) is 0 Å². The number of hydrogen-bond acceptors (Lipinski definition) is 5. The molecular formula is C15H22BrN5O. The van der Waals surface area contributed by atoms with E-state index in [1.165, 1.54) is 0 Å². The molecule has 0 aliphatic heterocycles. The Morgan fingerprint density at radius 3 is 2.91 bits per heavy atom. The molecule has 0 unspecified atom stereocenters. The first-order valence-electron chi connectivity index (χ1n) is 7.55. The zero-order valence-corrected chi connectivity index (χ0v) is 14.8. The van der Waals surface area contributed by atoms with Crippen LogP contribution in [0.25, 0.3) is 0 Å². The summed E-state index contributed by atoms with van der Waals surface area (Å²) >= 11 is 3.50. The highest BCUT2D eigenvalue weighted by Gasteiger charge is 2.09. The molecule has 0 aliphatic rings. The minimum atomic E-state index is 0.134. The highest BCUT2D eigenvalue weighted by Crippen LogP contribution is 2.25. The minimum absolute atomic E-state index is 0.134. The number of nitrogens with zero attached hydrogens (tertiary/aromatic N) is 4. The molecule has 2 aromatic rings. The van der Waals surface area contributed by atoms with Gasteiger partial charge >= 0.3 is 0 Å². The van der Waals surface area contributed by atoms with Crippen LogP contribution in [0, 0.1) is 0 Å². The quantitative estimate of drug-likeness (QED) is 0.771. The lowest BCUT2D eigenvalue weighted by atomic mass is 10.2. The maximum absolute atomic E-state index is 5.85. The first-order chi connectivity index (χ1) is 10.6. The Bertz CT molecular complexity index is 599. The van der Waals surface area contributed by atoms with Crippen LogP contribution in [0.5, 0.6) is 5.75 Å². The summed E-state index contributed by atoms with van der Waals surface area (Å²) in [7, 11) is 0. The first-order valence-corrected chi connectivity index (χ1v) is 8.34. The molecule has 6 nitrogen and oxygen atoms in total. The van der Waals surface area contributed by atoms with Gasteiger partial charge in [-0.1, -0.05) is 34.4 Å². The van der Waals surface area contributed by atoms with E-state index in [0.717, 1.165) is 35.2 Å². The Hall–Kier alpha value is -1.63. The van der Waals surface area contributed by atoms with E-state index in [2.05, 4.69) is 43.7 Å². The maximum Gasteiger partial charge on any atom is 0.243 e. The molecule has 1 N–H and O–H groups in total. The van der Waals surface area contributed by atoms with Crippen molar-refractivity contribution in [3.05, 3.63) is 28.2 Å². The third kappa shape index (κ3) is 4.69.